The third-order valence-corrected chi connectivity index (χ3v) is 3.20. The van der Waals surface area contributed by atoms with E-state index in [0.29, 0.717) is 10.6 Å². The lowest BCUT2D eigenvalue weighted by Crippen LogP contribution is -1.99. The van der Waals surface area contributed by atoms with Crippen LogP contribution in [0, 0.1) is 15.9 Å². The van der Waals surface area contributed by atoms with Gasteiger partial charge >= 0.3 is 0 Å². The highest BCUT2D eigenvalue weighted by molar-refractivity contribution is 6.31. The first kappa shape index (κ1) is 14.6. The SMILES string of the molecule is O=[N+]([O-])c1ccc(Cl)c(COc2cccc(Cl)c2F)c1. The molecule has 0 amide bonds. The number of rotatable bonds is 4. The fourth-order valence-corrected chi connectivity index (χ4v) is 1.87. The Morgan fingerprint density at radius 3 is 2.65 bits per heavy atom. The van der Waals surface area contributed by atoms with Crippen molar-refractivity contribution in [2.24, 2.45) is 0 Å². The minimum atomic E-state index is -0.685. The van der Waals surface area contributed by atoms with Gasteiger partial charge in [-0.1, -0.05) is 29.3 Å². The Hall–Kier alpha value is -1.85. The zero-order valence-corrected chi connectivity index (χ0v) is 11.5. The molecule has 0 heterocycles. The summed E-state index contributed by atoms with van der Waals surface area (Å²) < 4.78 is 18.9. The molecule has 7 heteroatoms. The maximum absolute atomic E-state index is 13.6. The summed E-state index contributed by atoms with van der Waals surface area (Å²) in [6, 6.07) is 8.30. The molecule has 0 saturated carbocycles. The van der Waals surface area contributed by atoms with Gasteiger partial charge < -0.3 is 4.74 Å². The molecule has 0 N–H and O–H groups in total. The van der Waals surface area contributed by atoms with Gasteiger partial charge in [-0.15, -0.1) is 0 Å². The lowest BCUT2D eigenvalue weighted by Gasteiger charge is -2.09. The molecule has 2 rings (SSSR count). The van der Waals surface area contributed by atoms with Crippen molar-refractivity contribution in [2.45, 2.75) is 6.61 Å². The first-order valence-electron chi connectivity index (χ1n) is 5.48. The van der Waals surface area contributed by atoms with E-state index in [-0.39, 0.29) is 23.1 Å². The van der Waals surface area contributed by atoms with E-state index in [2.05, 4.69) is 0 Å². The Bertz CT molecular complexity index is 664. The molecule has 104 valence electrons. The second kappa shape index (κ2) is 6.07. The van der Waals surface area contributed by atoms with Crippen LogP contribution >= 0.6 is 23.2 Å². The molecule has 2 aromatic carbocycles. The zero-order chi connectivity index (χ0) is 14.7. The maximum Gasteiger partial charge on any atom is 0.269 e. The average molecular weight is 316 g/mol. The van der Waals surface area contributed by atoms with Crippen molar-refractivity contribution in [3.8, 4) is 5.75 Å². The van der Waals surface area contributed by atoms with Crippen molar-refractivity contribution in [3.63, 3.8) is 0 Å². The Balaban J connectivity index is 2.20. The summed E-state index contributed by atoms with van der Waals surface area (Å²) in [6.45, 7) is -0.0994. The topological polar surface area (TPSA) is 52.4 Å². The third-order valence-electron chi connectivity index (χ3n) is 2.54. The largest absolute Gasteiger partial charge is 0.486 e. The minimum absolute atomic E-state index is 0.0416. The second-order valence-electron chi connectivity index (χ2n) is 3.87. The minimum Gasteiger partial charge on any atom is -0.486 e. The predicted molar refractivity (Wildman–Crippen MR) is 73.8 cm³/mol. The number of hydrogen-bond donors (Lipinski definition) is 0. The van der Waals surface area contributed by atoms with Gasteiger partial charge in [0, 0.05) is 22.7 Å². The van der Waals surface area contributed by atoms with E-state index in [4.69, 9.17) is 27.9 Å². The van der Waals surface area contributed by atoms with Crippen LogP contribution in [0.5, 0.6) is 5.75 Å². The second-order valence-corrected chi connectivity index (χ2v) is 4.69. The van der Waals surface area contributed by atoms with Crippen molar-refractivity contribution in [2.75, 3.05) is 0 Å². The molecule has 4 nitrogen and oxygen atoms in total. The highest BCUT2D eigenvalue weighted by atomic mass is 35.5. The van der Waals surface area contributed by atoms with Gasteiger partial charge in [-0.05, 0) is 18.2 Å². The summed E-state index contributed by atoms with van der Waals surface area (Å²) in [6.07, 6.45) is 0. The molecule has 0 unspecified atom stereocenters. The van der Waals surface area contributed by atoms with Crippen molar-refractivity contribution < 1.29 is 14.1 Å². The first-order chi connectivity index (χ1) is 9.49. The molecule has 0 aromatic heterocycles. The summed E-state index contributed by atoms with van der Waals surface area (Å²) in [7, 11) is 0. The van der Waals surface area contributed by atoms with Crippen LogP contribution in [0.1, 0.15) is 5.56 Å². The van der Waals surface area contributed by atoms with E-state index in [1.807, 2.05) is 0 Å². The van der Waals surface area contributed by atoms with E-state index in [1.165, 1.54) is 36.4 Å². The Kier molecular flexibility index (Phi) is 4.42. The standard InChI is InChI=1S/C13H8Cl2FNO3/c14-10-5-4-9(17(18)19)6-8(10)7-20-12-3-1-2-11(15)13(12)16/h1-6H,7H2. The number of nitro groups is 1. The Morgan fingerprint density at radius 1 is 1.20 bits per heavy atom. The summed E-state index contributed by atoms with van der Waals surface area (Å²) in [5, 5.41) is 10.9. The fraction of sp³-hybridized carbons (Fsp3) is 0.0769. The zero-order valence-electron chi connectivity index (χ0n) is 9.98. The summed E-state index contributed by atoms with van der Waals surface area (Å²) >= 11 is 11.5. The van der Waals surface area contributed by atoms with Gasteiger partial charge in [-0.2, -0.15) is 0 Å². The van der Waals surface area contributed by atoms with Crippen LogP contribution in [0.3, 0.4) is 0 Å². The Morgan fingerprint density at radius 2 is 1.95 bits per heavy atom. The number of non-ortho nitro benzene ring substituents is 1. The summed E-state index contributed by atoms with van der Waals surface area (Å²) in [5.74, 6) is -0.726. The van der Waals surface area contributed by atoms with Crippen molar-refractivity contribution in [1.29, 1.82) is 0 Å². The molecule has 0 radical (unpaired) electrons. The van der Waals surface area contributed by atoms with E-state index in [0.717, 1.165) is 0 Å². The van der Waals surface area contributed by atoms with Crippen LogP contribution < -0.4 is 4.74 Å². The van der Waals surface area contributed by atoms with Crippen molar-refractivity contribution >= 4 is 28.9 Å². The lowest BCUT2D eigenvalue weighted by atomic mass is 10.2. The van der Waals surface area contributed by atoms with Gasteiger partial charge in [0.15, 0.2) is 11.6 Å². The van der Waals surface area contributed by atoms with E-state index < -0.39 is 10.7 Å². The van der Waals surface area contributed by atoms with E-state index in [9.17, 15) is 14.5 Å². The molecule has 0 atom stereocenters. The molecule has 0 aliphatic carbocycles. The number of ether oxygens (including phenoxy) is 1. The van der Waals surface area contributed by atoms with Crippen molar-refractivity contribution in [3.05, 3.63) is 67.9 Å². The predicted octanol–water partition coefficient (Wildman–Crippen LogP) is 4.62. The van der Waals surface area contributed by atoms with E-state index in [1.54, 1.807) is 0 Å². The molecule has 0 saturated heterocycles. The van der Waals surface area contributed by atoms with Gasteiger partial charge in [0.25, 0.3) is 5.69 Å². The summed E-state index contributed by atoms with van der Waals surface area (Å²) in [5.41, 5.74) is 0.278. The van der Waals surface area contributed by atoms with Crippen LogP contribution in [-0.4, -0.2) is 4.92 Å². The molecule has 0 bridgehead atoms. The van der Waals surface area contributed by atoms with Crippen LogP contribution in [-0.2, 0) is 6.61 Å². The van der Waals surface area contributed by atoms with Gasteiger partial charge in [0.2, 0.25) is 0 Å². The van der Waals surface area contributed by atoms with Crippen LogP contribution in [0.25, 0.3) is 0 Å². The average Bonchev–Trinajstić information content (AvgIpc) is 2.41. The molecule has 0 fully saturated rings. The van der Waals surface area contributed by atoms with Gasteiger partial charge in [-0.3, -0.25) is 10.1 Å². The van der Waals surface area contributed by atoms with Crippen molar-refractivity contribution in [1.82, 2.24) is 0 Å². The molecule has 0 spiro atoms. The van der Waals surface area contributed by atoms with Crippen LogP contribution in [0.2, 0.25) is 10.0 Å². The highest BCUT2D eigenvalue weighted by Gasteiger charge is 2.12. The first-order valence-corrected chi connectivity index (χ1v) is 6.24. The molecular weight excluding hydrogens is 308 g/mol. The van der Waals surface area contributed by atoms with Gasteiger partial charge in [0.1, 0.15) is 6.61 Å². The van der Waals surface area contributed by atoms with Crippen LogP contribution in [0.4, 0.5) is 10.1 Å². The number of halogens is 3. The quantitative estimate of drug-likeness (QED) is 0.611. The third kappa shape index (κ3) is 3.18. The number of nitrogens with zero attached hydrogens (tertiary/aromatic N) is 1. The number of hydrogen-bond acceptors (Lipinski definition) is 3. The van der Waals surface area contributed by atoms with E-state index >= 15 is 0 Å². The monoisotopic (exact) mass is 315 g/mol. The molecule has 0 aliphatic rings. The normalized spacial score (nSPS) is 10.3. The Labute approximate surface area is 123 Å². The summed E-state index contributed by atoms with van der Waals surface area (Å²) in [4.78, 5) is 10.1. The smallest absolute Gasteiger partial charge is 0.269 e. The number of benzene rings is 2. The van der Waals surface area contributed by atoms with Crippen LogP contribution in [0.15, 0.2) is 36.4 Å². The molecule has 2 aromatic rings. The molecule has 20 heavy (non-hydrogen) atoms. The van der Waals surface area contributed by atoms with Gasteiger partial charge in [0.05, 0.1) is 9.95 Å². The highest BCUT2D eigenvalue weighted by Crippen LogP contribution is 2.27. The fourth-order valence-electron chi connectivity index (χ4n) is 1.54. The molecule has 0 aliphatic heterocycles. The number of nitro benzene ring substituents is 1. The molecular formula is C13H8Cl2FNO3. The maximum atomic E-state index is 13.6. The lowest BCUT2D eigenvalue weighted by molar-refractivity contribution is -0.384. The van der Waals surface area contributed by atoms with Gasteiger partial charge in [-0.25, -0.2) is 4.39 Å².